The Bertz CT molecular complexity index is 1030. The largest absolute Gasteiger partial charge is 0.407 e. The molecule has 31 heavy (non-hydrogen) atoms. The maximum Gasteiger partial charge on any atom is 0.261 e. The van der Waals surface area contributed by atoms with Crippen LogP contribution < -0.4 is 10.4 Å². The van der Waals surface area contributed by atoms with Crippen molar-refractivity contribution in [3.05, 3.63) is 84.8 Å². The maximum absolute atomic E-state index is 6.97. The molecule has 0 saturated heterocycles. The first-order valence-electron chi connectivity index (χ1n) is 11.0. The van der Waals surface area contributed by atoms with Crippen LogP contribution in [0.25, 0.3) is 11.2 Å². The number of fused-ring (bicyclic) bond motifs is 1. The fourth-order valence-electron chi connectivity index (χ4n) is 4.44. The average Bonchev–Trinajstić information content (AvgIpc) is 3.19. The Kier molecular flexibility index (Phi) is 6.34. The Balaban J connectivity index is 1.50. The van der Waals surface area contributed by atoms with Crippen molar-refractivity contribution in [2.75, 3.05) is 6.61 Å². The highest BCUT2D eigenvalue weighted by atomic mass is 28.4. The zero-order valence-electron chi connectivity index (χ0n) is 18.6. The quantitative estimate of drug-likeness (QED) is 0.321. The minimum atomic E-state index is -2.43. The lowest BCUT2D eigenvalue weighted by Crippen LogP contribution is -2.66. The van der Waals surface area contributed by atoms with Gasteiger partial charge in [-0.15, -0.1) is 0 Å². The van der Waals surface area contributed by atoms with E-state index in [0.29, 0.717) is 0 Å². The van der Waals surface area contributed by atoms with Crippen LogP contribution in [0.3, 0.4) is 0 Å². The molecule has 2 aromatic carbocycles. The van der Waals surface area contributed by atoms with E-state index in [2.05, 4.69) is 102 Å². The summed E-state index contributed by atoms with van der Waals surface area (Å²) in [4.78, 5) is 12.1. The number of hydrogen-bond donors (Lipinski definition) is 1. The molecular formula is C26H31N3OSi. The lowest BCUT2D eigenvalue weighted by atomic mass is 10.2. The molecule has 2 heterocycles. The molecule has 0 fully saturated rings. The van der Waals surface area contributed by atoms with Crippen LogP contribution in [0.2, 0.25) is 5.04 Å². The monoisotopic (exact) mass is 429 g/mol. The fourth-order valence-corrected chi connectivity index (χ4v) is 9.05. The standard InChI is InChI=1S/C26H31N3OSi/c1-26(2,3)31(22-13-6-4-7-14-22,23-15-8-5-9-16-23)30-19-11-10-12-21-20-24-25(29-21)28-18-17-27-24/h4-9,13-18,20H,10-12,19H2,1-3H3,(H,28,29). The second-order valence-electron chi connectivity index (χ2n) is 9.05. The maximum atomic E-state index is 6.97. The van der Waals surface area contributed by atoms with E-state index in [1.165, 1.54) is 16.1 Å². The van der Waals surface area contributed by atoms with Gasteiger partial charge in [-0.25, -0.2) is 4.98 Å². The number of nitrogens with zero attached hydrogens (tertiary/aromatic N) is 2. The molecule has 5 heteroatoms. The van der Waals surface area contributed by atoms with Crippen molar-refractivity contribution < 1.29 is 4.43 Å². The van der Waals surface area contributed by atoms with Crippen LogP contribution in [0, 0.1) is 0 Å². The van der Waals surface area contributed by atoms with Gasteiger partial charge in [0.1, 0.15) is 5.52 Å². The first-order chi connectivity index (χ1) is 15.0. The van der Waals surface area contributed by atoms with Crippen molar-refractivity contribution in [2.45, 2.75) is 45.1 Å². The summed E-state index contributed by atoms with van der Waals surface area (Å²) in [6.45, 7) is 7.72. The molecule has 0 radical (unpaired) electrons. The third kappa shape index (κ3) is 4.48. The van der Waals surface area contributed by atoms with Crippen molar-refractivity contribution in [1.29, 1.82) is 0 Å². The van der Waals surface area contributed by atoms with Crippen LogP contribution in [0.4, 0.5) is 0 Å². The smallest absolute Gasteiger partial charge is 0.261 e. The molecule has 0 unspecified atom stereocenters. The summed E-state index contributed by atoms with van der Waals surface area (Å²) in [6, 6.07) is 23.8. The predicted octanol–water partition coefficient (Wildman–Crippen LogP) is 4.86. The number of aromatic nitrogens is 3. The Morgan fingerprint density at radius 2 is 1.45 bits per heavy atom. The topological polar surface area (TPSA) is 50.8 Å². The molecule has 160 valence electrons. The van der Waals surface area contributed by atoms with Gasteiger partial charge >= 0.3 is 0 Å². The molecule has 0 aliphatic rings. The third-order valence-corrected chi connectivity index (χ3v) is 10.9. The van der Waals surface area contributed by atoms with E-state index in [0.717, 1.165) is 37.0 Å². The van der Waals surface area contributed by atoms with Crippen molar-refractivity contribution in [1.82, 2.24) is 15.0 Å². The molecule has 4 rings (SSSR count). The summed E-state index contributed by atoms with van der Waals surface area (Å²) >= 11 is 0. The van der Waals surface area contributed by atoms with Gasteiger partial charge in [0.15, 0.2) is 5.65 Å². The van der Waals surface area contributed by atoms with Gasteiger partial charge in [0, 0.05) is 24.7 Å². The van der Waals surface area contributed by atoms with Crippen LogP contribution in [0.5, 0.6) is 0 Å². The molecule has 1 N–H and O–H groups in total. The number of nitrogens with one attached hydrogen (secondary N) is 1. The SMILES string of the molecule is CC(C)(C)[Si](OCCCCc1cc2nccnc2[nH]1)(c1ccccc1)c1ccccc1. The molecule has 0 amide bonds. The van der Waals surface area contributed by atoms with E-state index in [1.807, 2.05) is 0 Å². The third-order valence-electron chi connectivity index (χ3n) is 5.89. The van der Waals surface area contributed by atoms with Crippen LogP contribution >= 0.6 is 0 Å². The molecule has 2 aromatic heterocycles. The molecule has 4 nitrogen and oxygen atoms in total. The van der Waals surface area contributed by atoms with Gasteiger partial charge in [0.25, 0.3) is 8.32 Å². The number of hydrogen-bond acceptors (Lipinski definition) is 3. The fraction of sp³-hybridized carbons (Fsp3) is 0.308. The summed E-state index contributed by atoms with van der Waals surface area (Å²) in [5.74, 6) is 0. The van der Waals surface area contributed by atoms with Gasteiger partial charge < -0.3 is 9.41 Å². The molecule has 0 aliphatic heterocycles. The van der Waals surface area contributed by atoms with Gasteiger partial charge in [-0.05, 0) is 40.7 Å². The minimum Gasteiger partial charge on any atom is -0.407 e. The molecule has 0 saturated carbocycles. The van der Waals surface area contributed by atoms with Crippen LogP contribution in [0.1, 0.15) is 39.3 Å². The van der Waals surface area contributed by atoms with Crippen LogP contribution in [-0.4, -0.2) is 29.9 Å². The molecular weight excluding hydrogens is 398 g/mol. The number of aromatic amines is 1. The highest BCUT2D eigenvalue weighted by molar-refractivity contribution is 6.99. The Morgan fingerprint density at radius 3 is 2.03 bits per heavy atom. The number of aryl methyl sites for hydroxylation is 1. The Hall–Kier alpha value is -2.76. The normalized spacial score (nSPS) is 12.4. The summed E-state index contributed by atoms with van der Waals surface area (Å²) in [6.07, 6.45) is 6.51. The summed E-state index contributed by atoms with van der Waals surface area (Å²) in [7, 11) is -2.43. The van der Waals surface area contributed by atoms with Gasteiger partial charge in [-0.1, -0.05) is 81.4 Å². The lowest BCUT2D eigenvalue weighted by Gasteiger charge is -2.43. The first kappa shape index (κ1) is 21.5. The summed E-state index contributed by atoms with van der Waals surface area (Å²) in [5.41, 5.74) is 2.98. The Morgan fingerprint density at radius 1 is 0.839 bits per heavy atom. The molecule has 0 atom stereocenters. The Labute approximate surface area is 185 Å². The van der Waals surface area contributed by atoms with Crippen molar-refractivity contribution >= 4 is 29.9 Å². The molecule has 0 spiro atoms. The van der Waals surface area contributed by atoms with Gasteiger partial charge in [0.2, 0.25) is 0 Å². The zero-order chi connectivity index (χ0) is 21.7. The first-order valence-corrected chi connectivity index (χ1v) is 13.0. The molecule has 0 bridgehead atoms. The summed E-state index contributed by atoms with van der Waals surface area (Å²) in [5, 5.41) is 2.69. The van der Waals surface area contributed by atoms with E-state index in [4.69, 9.17) is 4.43 Å². The number of unbranched alkanes of at least 4 members (excludes halogenated alkanes) is 1. The average molecular weight is 430 g/mol. The number of rotatable bonds is 8. The van der Waals surface area contributed by atoms with Crippen LogP contribution in [0.15, 0.2) is 79.1 Å². The number of benzene rings is 2. The van der Waals surface area contributed by atoms with Crippen molar-refractivity contribution in [2.24, 2.45) is 0 Å². The van der Waals surface area contributed by atoms with Gasteiger partial charge in [-0.2, -0.15) is 0 Å². The second-order valence-corrected chi connectivity index (χ2v) is 13.4. The lowest BCUT2D eigenvalue weighted by molar-refractivity contribution is 0.288. The number of H-pyrrole nitrogens is 1. The molecule has 0 aliphatic carbocycles. The van der Waals surface area contributed by atoms with E-state index in [-0.39, 0.29) is 5.04 Å². The van der Waals surface area contributed by atoms with E-state index in [9.17, 15) is 0 Å². The van der Waals surface area contributed by atoms with Crippen LogP contribution in [-0.2, 0) is 10.8 Å². The highest BCUT2D eigenvalue weighted by Crippen LogP contribution is 2.36. The van der Waals surface area contributed by atoms with E-state index < -0.39 is 8.32 Å². The van der Waals surface area contributed by atoms with Crippen molar-refractivity contribution in [3.8, 4) is 0 Å². The van der Waals surface area contributed by atoms with Gasteiger partial charge in [-0.3, -0.25) is 4.98 Å². The van der Waals surface area contributed by atoms with Gasteiger partial charge in [0.05, 0.1) is 0 Å². The predicted molar refractivity (Wildman–Crippen MR) is 130 cm³/mol. The minimum absolute atomic E-state index is 0.0181. The van der Waals surface area contributed by atoms with E-state index >= 15 is 0 Å². The second kappa shape index (κ2) is 9.16. The van der Waals surface area contributed by atoms with Crippen molar-refractivity contribution in [3.63, 3.8) is 0 Å². The summed E-state index contributed by atoms with van der Waals surface area (Å²) < 4.78 is 6.97. The zero-order valence-corrected chi connectivity index (χ0v) is 19.6. The van der Waals surface area contributed by atoms with E-state index in [1.54, 1.807) is 12.4 Å². The highest BCUT2D eigenvalue weighted by Gasteiger charge is 2.49. The molecule has 4 aromatic rings.